The number of benzene rings is 2. The summed E-state index contributed by atoms with van der Waals surface area (Å²) < 4.78 is 5.10. The van der Waals surface area contributed by atoms with Crippen molar-refractivity contribution in [1.29, 1.82) is 0 Å². The van der Waals surface area contributed by atoms with E-state index in [1.165, 1.54) is 13.2 Å². The number of methoxy groups -OCH3 is 1. The fourth-order valence-corrected chi connectivity index (χ4v) is 2.90. The number of hydrogen-bond donors (Lipinski definition) is 2. The molecule has 0 atom stereocenters. The molecule has 3 N–H and O–H groups in total. The SMILES string of the molecule is COc1ccc(NC(=O)C2(c3ccc(Cl)cc3)CC2)cc1C(N)=O. The van der Waals surface area contributed by atoms with Crippen LogP contribution in [0.3, 0.4) is 0 Å². The van der Waals surface area contributed by atoms with Crippen LogP contribution in [0.15, 0.2) is 42.5 Å². The predicted octanol–water partition coefficient (Wildman–Crippen LogP) is 3.12. The molecule has 124 valence electrons. The maximum absolute atomic E-state index is 12.7. The predicted molar refractivity (Wildman–Crippen MR) is 92.5 cm³/mol. The Bertz CT molecular complexity index is 798. The summed E-state index contributed by atoms with van der Waals surface area (Å²) in [6.07, 6.45) is 1.55. The van der Waals surface area contributed by atoms with E-state index < -0.39 is 11.3 Å². The average Bonchev–Trinajstić information content (AvgIpc) is 3.37. The Morgan fingerprint density at radius 2 is 1.83 bits per heavy atom. The topological polar surface area (TPSA) is 81.4 Å². The van der Waals surface area contributed by atoms with Crippen molar-refractivity contribution in [3.05, 3.63) is 58.6 Å². The maximum Gasteiger partial charge on any atom is 0.252 e. The molecule has 0 spiro atoms. The molecule has 1 aliphatic carbocycles. The Hall–Kier alpha value is -2.53. The van der Waals surface area contributed by atoms with Crippen LogP contribution < -0.4 is 15.8 Å². The molecule has 2 aromatic rings. The van der Waals surface area contributed by atoms with Gasteiger partial charge in [-0.2, -0.15) is 0 Å². The van der Waals surface area contributed by atoms with Crippen LogP contribution >= 0.6 is 11.6 Å². The minimum atomic E-state index is -0.609. The molecule has 24 heavy (non-hydrogen) atoms. The van der Waals surface area contributed by atoms with Gasteiger partial charge in [-0.05, 0) is 48.7 Å². The van der Waals surface area contributed by atoms with E-state index in [-0.39, 0.29) is 11.5 Å². The lowest BCUT2D eigenvalue weighted by Gasteiger charge is -2.17. The third kappa shape index (κ3) is 2.95. The number of nitrogens with two attached hydrogens (primary N) is 1. The number of anilines is 1. The first-order valence-corrected chi connectivity index (χ1v) is 7.89. The second kappa shape index (κ2) is 6.17. The van der Waals surface area contributed by atoms with Gasteiger partial charge in [-0.3, -0.25) is 9.59 Å². The lowest BCUT2D eigenvalue weighted by molar-refractivity contribution is -0.118. The number of hydrogen-bond acceptors (Lipinski definition) is 3. The molecule has 0 aromatic heterocycles. The number of amides is 2. The van der Waals surface area contributed by atoms with Gasteiger partial charge in [0.15, 0.2) is 0 Å². The van der Waals surface area contributed by atoms with Crippen molar-refractivity contribution in [2.24, 2.45) is 5.73 Å². The Morgan fingerprint density at radius 3 is 2.38 bits per heavy atom. The molecular formula is C18H17ClN2O3. The maximum atomic E-state index is 12.7. The first-order valence-electron chi connectivity index (χ1n) is 7.51. The van der Waals surface area contributed by atoms with E-state index in [1.54, 1.807) is 24.3 Å². The zero-order valence-electron chi connectivity index (χ0n) is 13.1. The summed E-state index contributed by atoms with van der Waals surface area (Å²) in [6, 6.07) is 12.1. The minimum absolute atomic E-state index is 0.106. The van der Waals surface area contributed by atoms with Crippen LogP contribution in [0, 0.1) is 0 Å². The van der Waals surface area contributed by atoms with Crippen LogP contribution in [0.25, 0.3) is 0 Å². The van der Waals surface area contributed by atoms with Crippen LogP contribution in [-0.4, -0.2) is 18.9 Å². The van der Waals surface area contributed by atoms with Gasteiger partial charge in [0.25, 0.3) is 5.91 Å². The second-order valence-corrected chi connectivity index (χ2v) is 6.26. The molecule has 2 amide bonds. The molecule has 0 bridgehead atoms. The lowest BCUT2D eigenvalue weighted by atomic mass is 9.95. The summed E-state index contributed by atoms with van der Waals surface area (Å²) in [4.78, 5) is 24.2. The van der Waals surface area contributed by atoms with Crippen molar-refractivity contribution in [1.82, 2.24) is 0 Å². The molecule has 1 fully saturated rings. The Kier molecular flexibility index (Phi) is 4.20. The lowest BCUT2D eigenvalue weighted by Crippen LogP contribution is -2.28. The highest BCUT2D eigenvalue weighted by Crippen LogP contribution is 2.49. The Morgan fingerprint density at radius 1 is 1.17 bits per heavy atom. The quantitative estimate of drug-likeness (QED) is 0.874. The first-order chi connectivity index (χ1) is 11.5. The number of nitrogens with one attached hydrogen (secondary N) is 1. The van der Waals surface area contributed by atoms with Crippen LogP contribution in [0.4, 0.5) is 5.69 Å². The highest BCUT2D eigenvalue weighted by Gasteiger charge is 2.51. The van der Waals surface area contributed by atoms with Crippen molar-refractivity contribution in [3.63, 3.8) is 0 Å². The largest absolute Gasteiger partial charge is 0.496 e. The van der Waals surface area contributed by atoms with Crippen LogP contribution in [0.1, 0.15) is 28.8 Å². The van der Waals surface area contributed by atoms with Gasteiger partial charge in [-0.15, -0.1) is 0 Å². The number of halogens is 1. The van der Waals surface area contributed by atoms with Crippen molar-refractivity contribution >= 4 is 29.1 Å². The summed E-state index contributed by atoms with van der Waals surface area (Å²) in [5.41, 5.74) is 6.49. The van der Waals surface area contributed by atoms with Gasteiger partial charge in [0.1, 0.15) is 5.75 Å². The van der Waals surface area contributed by atoms with E-state index in [1.807, 2.05) is 12.1 Å². The highest BCUT2D eigenvalue weighted by atomic mass is 35.5. The van der Waals surface area contributed by atoms with E-state index in [4.69, 9.17) is 22.1 Å². The molecule has 0 heterocycles. The smallest absolute Gasteiger partial charge is 0.252 e. The molecule has 0 aliphatic heterocycles. The van der Waals surface area contributed by atoms with E-state index >= 15 is 0 Å². The average molecular weight is 345 g/mol. The molecule has 0 saturated heterocycles. The molecule has 2 aromatic carbocycles. The second-order valence-electron chi connectivity index (χ2n) is 5.82. The fourth-order valence-electron chi connectivity index (χ4n) is 2.77. The van der Waals surface area contributed by atoms with E-state index in [0.29, 0.717) is 16.5 Å². The number of carbonyl (C=O) groups excluding carboxylic acids is 2. The van der Waals surface area contributed by atoms with E-state index in [0.717, 1.165) is 18.4 Å². The third-order valence-corrected chi connectivity index (χ3v) is 4.56. The van der Waals surface area contributed by atoms with Gasteiger partial charge in [-0.25, -0.2) is 0 Å². The number of primary amides is 1. The molecule has 1 aliphatic rings. The van der Waals surface area contributed by atoms with Gasteiger partial charge in [-0.1, -0.05) is 23.7 Å². The molecule has 3 rings (SSSR count). The normalized spacial score (nSPS) is 14.8. The van der Waals surface area contributed by atoms with Crippen molar-refractivity contribution in [2.75, 3.05) is 12.4 Å². The molecule has 1 saturated carbocycles. The molecule has 5 nitrogen and oxygen atoms in total. The number of rotatable bonds is 5. The fraction of sp³-hybridized carbons (Fsp3) is 0.222. The summed E-state index contributed by atoms with van der Waals surface area (Å²) in [5, 5.41) is 3.50. The Labute approximate surface area is 144 Å². The van der Waals surface area contributed by atoms with Crippen LogP contribution in [-0.2, 0) is 10.2 Å². The van der Waals surface area contributed by atoms with Gasteiger partial charge in [0, 0.05) is 10.7 Å². The molecule has 6 heteroatoms. The zero-order chi connectivity index (χ0) is 17.3. The zero-order valence-corrected chi connectivity index (χ0v) is 13.9. The van der Waals surface area contributed by atoms with E-state index in [2.05, 4.69) is 5.32 Å². The van der Waals surface area contributed by atoms with Gasteiger partial charge >= 0.3 is 0 Å². The minimum Gasteiger partial charge on any atom is -0.496 e. The van der Waals surface area contributed by atoms with Crippen LogP contribution in [0.2, 0.25) is 5.02 Å². The summed E-state index contributed by atoms with van der Waals surface area (Å²) in [7, 11) is 1.46. The standard InChI is InChI=1S/C18H17ClN2O3/c1-24-15-7-6-13(10-14(15)16(20)22)21-17(23)18(8-9-18)11-2-4-12(19)5-3-11/h2-7,10H,8-9H2,1H3,(H2,20,22)(H,21,23). The third-order valence-electron chi connectivity index (χ3n) is 4.30. The molecular weight excluding hydrogens is 328 g/mol. The van der Waals surface area contributed by atoms with Gasteiger partial charge < -0.3 is 15.8 Å². The number of carbonyl (C=O) groups is 2. The van der Waals surface area contributed by atoms with Crippen molar-refractivity contribution < 1.29 is 14.3 Å². The highest BCUT2D eigenvalue weighted by molar-refractivity contribution is 6.30. The van der Waals surface area contributed by atoms with Crippen molar-refractivity contribution in [3.8, 4) is 5.75 Å². The van der Waals surface area contributed by atoms with Gasteiger partial charge in [0.05, 0.1) is 18.1 Å². The monoisotopic (exact) mass is 344 g/mol. The van der Waals surface area contributed by atoms with Crippen LogP contribution in [0.5, 0.6) is 5.75 Å². The summed E-state index contributed by atoms with van der Waals surface area (Å²) >= 11 is 5.91. The van der Waals surface area contributed by atoms with Crippen molar-refractivity contribution in [2.45, 2.75) is 18.3 Å². The van der Waals surface area contributed by atoms with E-state index in [9.17, 15) is 9.59 Å². The Balaban J connectivity index is 1.83. The molecule has 0 radical (unpaired) electrons. The summed E-state index contributed by atoms with van der Waals surface area (Å²) in [5.74, 6) is -0.341. The summed E-state index contributed by atoms with van der Waals surface area (Å²) in [6.45, 7) is 0. The first kappa shape index (κ1) is 16.3. The van der Waals surface area contributed by atoms with Gasteiger partial charge in [0.2, 0.25) is 5.91 Å². The molecule has 0 unspecified atom stereocenters. The number of ether oxygens (including phenoxy) is 1.